The highest BCUT2D eigenvalue weighted by Crippen LogP contribution is 2.28. The summed E-state index contributed by atoms with van der Waals surface area (Å²) in [6.07, 6.45) is 2.18. The number of likely N-dealkylation sites (tertiary alicyclic amines) is 1. The van der Waals surface area contributed by atoms with Gasteiger partial charge in [-0.2, -0.15) is 5.10 Å². The molecule has 0 spiro atoms. The maximum absolute atomic E-state index is 12.8. The summed E-state index contributed by atoms with van der Waals surface area (Å²) in [7, 11) is 0. The van der Waals surface area contributed by atoms with Crippen molar-refractivity contribution >= 4 is 17.5 Å². The molecule has 3 rings (SSSR count). The van der Waals surface area contributed by atoms with Crippen molar-refractivity contribution in [2.45, 2.75) is 59.0 Å². The van der Waals surface area contributed by atoms with E-state index in [2.05, 4.69) is 10.2 Å². The molecule has 0 aliphatic carbocycles. The van der Waals surface area contributed by atoms with Gasteiger partial charge in [-0.15, -0.1) is 0 Å². The lowest BCUT2D eigenvalue weighted by atomic mass is 9.96. The molecule has 1 aromatic heterocycles. The molecule has 1 aliphatic rings. The van der Waals surface area contributed by atoms with Crippen molar-refractivity contribution in [3.8, 4) is 5.75 Å². The molecule has 0 radical (unpaired) electrons. The lowest BCUT2D eigenvalue weighted by molar-refractivity contribution is -0.130. The zero-order valence-electron chi connectivity index (χ0n) is 17.6. The largest absolute Gasteiger partial charge is 0.491 e. The number of aryl methyl sites for hydroxylation is 4. The van der Waals surface area contributed by atoms with E-state index in [-0.39, 0.29) is 12.5 Å². The third-order valence-corrected chi connectivity index (χ3v) is 6.39. The molecular weight excluding hydrogens is 390 g/mol. The molecule has 2 aromatic rings. The van der Waals surface area contributed by atoms with Gasteiger partial charge in [-0.05, 0) is 70.2 Å². The topological polar surface area (TPSA) is 78.5 Å². The molecule has 6 nitrogen and oxygen atoms in total. The van der Waals surface area contributed by atoms with E-state index in [9.17, 15) is 9.90 Å². The first-order valence-electron chi connectivity index (χ1n) is 10.1. The highest BCUT2D eigenvalue weighted by molar-refractivity contribution is 6.32. The summed E-state index contributed by atoms with van der Waals surface area (Å²) in [6, 6.07) is 3.78. The zero-order chi connectivity index (χ0) is 21.2. The molecule has 0 bridgehead atoms. The van der Waals surface area contributed by atoms with Crippen molar-refractivity contribution in [1.82, 2.24) is 15.1 Å². The van der Waals surface area contributed by atoms with E-state index in [4.69, 9.17) is 16.3 Å². The van der Waals surface area contributed by atoms with Gasteiger partial charge in [0, 0.05) is 29.4 Å². The molecule has 1 atom stereocenters. The molecule has 1 aliphatic heterocycles. The van der Waals surface area contributed by atoms with Crippen molar-refractivity contribution in [3.05, 3.63) is 45.2 Å². The van der Waals surface area contributed by atoms with Gasteiger partial charge in [0.1, 0.15) is 18.0 Å². The molecule has 1 fully saturated rings. The SMILES string of the molecule is Cc1cc(OCC2(O)CCCN(C(=O)Cc3c(C)n[nH]c3C)CC2)cc(C)c1Cl. The Kier molecular flexibility index (Phi) is 6.54. The second kappa shape index (κ2) is 8.76. The standard InChI is InChI=1S/C22H30ClN3O3/c1-14-10-18(11-15(2)21(14)23)29-13-22(28)6-5-8-26(9-7-22)20(27)12-19-16(3)24-25-17(19)4/h10-11,28H,5-9,12-13H2,1-4H3,(H,24,25). The summed E-state index contributed by atoms with van der Waals surface area (Å²) in [5, 5.41) is 18.9. The Labute approximate surface area is 177 Å². The molecule has 1 saturated heterocycles. The highest BCUT2D eigenvalue weighted by atomic mass is 35.5. The number of aromatic amines is 1. The van der Waals surface area contributed by atoms with Gasteiger partial charge >= 0.3 is 0 Å². The van der Waals surface area contributed by atoms with Crippen LogP contribution in [0.3, 0.4) is 0 Å². The van der Waals surface area contributed by atoms with E-state index >= 15 is 0 Å². The van der Waals surface area contributed by atoms with Crippen LogP contribution in [0, 0.1) is 27.7 Å². The number of hydrogen-bond acceptors (Lipinski definition) is 4. The normalized spacial score (nSPS) is 19.9. The Bertz CT molecular complexity index is 853. The van der Waals surface area contributed by atoms with Crippen LogP contribution in [0.4, 0.5) is 0 Å². The average Bonchev–Trinajstić information content (AvgIpc) is 2.87. The van der Waals surface area contributed by atoms with Gasteiger partial charge < -0.3 is 14.7 Å². The van der Waals surface area contributed by atoms with Crippen LogP contribution in [-0.4, -0.2) is 51.4 Å². The second-order valence-electron chi connectivity index (χ2n) is 8.21. The molecule has 2 heterocycles. The minimum atomic E-state index is -0.946. The number of benzene rings is 1. The van der Waals surface area contributed by atoms with Crippen molar-refractivity contribution in [1.29, 1.82) is 0 Å². The first-order valence-corrected chi connectivity index (χ1v) is 10.5. The van der Waals surface area contributed by atoms with E-state index in [0.29, 0.717) is 38.1 Å². The summed E-state index contributed by atoms with van der Waals surface area (Å²) < 4.78 is 5.91. The lowest BCUT2D eigenvalue weighted by Gasteiger charge is -2.27. The number of rotatable bonds is 5. The summed E-state index contributed by atoms with van der Waals surface area (Å²) in [5.41, 5.74) is 3.73. The van der Waals surface area contributed by atoms with Crippen molar-refractivity contribution < 1.29 is 14.6 Å². The van der Waals surface area contributed by atoms with Gasteiger partial charge in [0.15, 0.2) is 0 Å². The van der Waals surface area contributed by atoms with Crippen molar-refractivity contribution in [2.24, 2.45) is 0 Å². The smallest absolute Gasteiger partial charge is 0.227 e. The van der Waals surface area contributed by atoms with Crippen LogP contribution in [-0.2, 0) is 11.2 Å². The van der Waals surface area contributed by atoms with Crippen LogP contribution in [0.1, 0.15) is 47.3 Å². The van der Waals surface area contributed by atoms with Gasteiger partial charge in [-0.3, -0.25) is 9.89 Å². The van der Waals surface area contributed by atoms with Crippen LogP contribution in [0.2, 0.25) is 5.02 Å². The number of aromatic nitrogens is 2. The lowest BCUT2D eigenvalue weighted by Crippen LogP contribution is -2.38. The third kappa shape index (κ3) is 5.11. The molecule has 1 aromatic carbocycles. The summed E-state index contributed by atoms with van der Waals surface area (Å²) in [4.78, 5) is 14.6. The van der Waals surface area contributed by atoms with E-state index in [1.807, 2.05) is 44.7 Å². The number of hydrogen-bond donors (Lipinski definition) is 2. The number of carbonyl (C=O) groups is 1. The fourth-order valence-electron chi connectivity index (χ4n) is 3.88. The summed E-state index contributed by atoms with van der Waals surface area (Å²) in [6.45, 7) is 9.09. The molecule has 7 heteroatoms. The molecule has 29 heavy (non-hydrogen) atoms. The molecule has 158 valence electrons. The predicted molar refractivity (Wildman–Crippen MR) is 114 cm³/mol. The maximum Gasteiger partial charge on any atom is 0.227 e. The Hall–Kier alpha value is -2.05. The highest BCUT2D eigenvalue weighted by Gasteiger charge is 2.32. The van der Waals surface area contributed by atoms with Crippen molar-refractivity contribution in [2.75, 3.05) is 19.7 Å². The van der Waals surface area contributed by atoms with Crippen LogP contribution >= 0.6 is 11.6 Å². The third-order valence-electron chi connectivity index (χ3n) is 5.80. The van der Waals surface area contributed by atoms with E-state index in [0.717, 1.165) is 39.5 Å². The molecule has 1 amide bonds. The Morgan fingerprint density at radius 2 is 1.93 bits per heavy atom. The number of nitrogens with one attached hydrogen (secondary N) is 1. The van der Waals surface area contributed by atoms with Gasteiger partial charge in [0.25, 0.3) is 0 Å². The number of nitrogens with zero attached hydrogens (tertiary/aromatic N) is 2. The number of carbonyl (C=O) groups excluding carboxylic acids is 1. The van der Waals surface area contributed by atoms with Crippen LogP contribution in [0.5, 0.6) is 5.75 Å². The predicted octanol–water partition coefficient (Wildman–Crippen LogP) is 3.66. The number of amides is 1. The van der Waals surface area contributed by atoms with Crippen LogP contribution < -0.4 is 4.74 Å². The molecule has 2 N–H and O–H groups in total. The van der Waals surface area contributed by atoms with Crippen LogP contribution in [0.15, 0.2) is 12.1 Å². The second-order valence-corrected chi connectivity index (χ2v) is 8.59. The maximum atomic E-state index is 12.8. The number of ether oxygens (including phenoxy) is 1. The number of halogens is 1. The Morgan fingerprint density at radius 1 is 1.24 bits per heavy atom. The Morgan fingerprint density at radius 3 is 2.55 bits per heavy atom. The van der Waals surface area contributed by atoms with Gasteiger partial charge in [0.05, 0.1) is 12.1 Å². The van der Waals surface area contributed by atoms with E-state index in [1.165, 1.54) is 0 Å². The molecule has 1 unspecified atom stereocenters. The summed E-state index contributed by atoms with van der Waals surface area (Å²) in [5.74, 6) is 0.785. The fraction of sp³-hybridized carbons (Fsp3) is 0.545. The summed E-state index contributed by atoms with van der Waals surface area (Å²) >= 11 is 6.22. The molecule has 0 saturated carbocycles. The van der Waals surface area contributed by atoms with Gasteiger partial charge in [-0.1, -0.05) is 11.6 Å². The average molecular weight is 420 g/mol. The number of aliphatic hydroxyl groups is 1. The minimum Gasteiger partial charge on any atom is -0.491 e. The van der Waals surface area contributed by atoms with Crippen LogP contribution in [0.25, 0.3) is 0 Å². The first kappa shape index (κ1) is 21.7. The van der Waals surface area contributed by atoms with Gasteiger partial charge in [0.2, 0.25) is 5.91 Å². The molecular formula is C22H30ClN3O3. The van der Waals surface area contributed by atoms with E-state index < -0.39 is 5.60 Å². The van der Waals surface area contributed by atoms with E-state index in [1.54, 1.807) is 0 Å². The number of H-pyrrole nitrogens is 1. The Balaban J connectivity index is 1.59. The monoisotopic (exact) mass is 419 g/mol. The quantitative estimate of drug-likeness (QED) is 0.775. The first-order chi connectivity index (χ1) is 13.7. The van der Waals surface area contributed by atoms with Gasteiger partial charge in [-0.25, -0.2) is 0 Å². The fourth-order valence-corrected chi connectivity index (χ4v) is 3.99. The van der Waals surface area contributed by atoms with Crippen molar-refractivity contribution in [3.63, 3.8) is 0 Å². The zero-order valence-corrected chi connectivity index (χ0v) is 18.4. The minimum absolute atomic E-state index is 0.0757.